The van der Waals surface area contributed by atoms with Gasteiger partial charge in [0.05, 0.1) is 6.61 Å². The molecule has 2 aromatic rings. The van der Waals surface area contributed by atoms with Gasteiger partial charge in [-0.05, 0) is 84.4 Å². The van der Waals surface area contributed by atoms with Crippen LogP contribution in [0.3, 0.4) is 0 Å². The first-order valence-corrected chi connectivity index (χ1v) is 15.5. The number of aliphatic hydroxyl groups excluding tert-OH is 1. The number of hydrogen-bond acceptors (Lipinski definition) is 7. The summed E-state index contributed by atoms with van der Waals surface area (Å²) in [6.07, 6.45) is -0.0575. The largest absolute Gasteiger partial charge is 0.458 e. The lowest BCUT2D eigenvalue weighted by Gasteiger charge is -2.36. The van der Waals surface area contributed by atoms with Crippen molar-refractivity contribution in [3.63, 3.8) is 0 Å². The molecule has 3 amide bonds. The van der Waals surface area contributed by atoms with Crippen LogP contribution in [0.5, 0.6) is 0 Å². The van der Waals surface area contributed by atoms with Crippen LogP contribution >= 0.6 is 0 Å². The Kier molecular flexibility index (Phi) is 11.4. The standard InChI is InChI=1S/C35H49N3O7/c1-21-15-16-22(2)25(17-21)29(30(40)36-26(32(42)44-34(4,5)6)19-24-13-11-10-12-14-24)38(28-18-23(28)3)31(41)27(20-39)37-33(43)45-35(7,8)9/h10-17,23,26-29,39H,18-20H2,1-9H3,(H,36,40)(H,37,43). The van der Waals surface area contributed by atoms with E-state index in [0.717, 1.165) is 16.7 Å². The number of carbonyl (C=O) groups is 4. The maximum absolute atomic E-state index is 14.5. The second kappa shape index (κ2) is 14.5. The molecule has 1 fully saturated rings. The molecule has 0 aromatic heterocycles. The van der Waals surface area contributed by atoms with Crippen molar-refractivity contribution in [2.45, 2.75) is 111 Å². The molecule has 0 aliphatic heterocycles. The number of rotatable bonds is 11. The molecule has 3 rings (SSSR count). The van der Waals surface area contributed by atoms with Crippen molar-refractivity contribution in [2.75, 3.05) is 6.61 Å². The van der Waals surface area contributed by atoms with E-state index in [4.69, 9.17) is 9.47 Å². The summed E-state index contributed by atoms with van der Waals surface area (Å²) >= 11 is 0. The third kappa shape index (κ3) is 10.3. The molecular weight excluding hydrogens is 574 g/mol. The van der Waals surface area contributed by atoms with E-state index in [1.165, 1.54) is 4.90 Å². The minimum Gasteiger partial charge on any atom is -0.458 e. The topological polar surface area (TPSA) is 134 Å². The van der Waals surface area contributed by atoms with Gasteiger partial charge in [-0.2, -0.15) is 0 Å². The molecule has 1 saturated carbocycles. The lowest BCUT2D eigenvalue weighted by atomic mass is 9.95. The average Bonchev–Trinajstić information content (AvgIpc) is 3.65. The van der Waals surface area contributed by atoms with E-state index in [1.807, 2.05) is 69.3 Å². The number of alkyl carbamates (subject to hydrolysis) is 1. The second-order valence-electron chi connectivity index (χ2n) is 14.0. The van der Waals surface area contributed by atoms with Crippen LogP contribution in [0.1, 0.15) is 83.2 Å². The van der Waals surface area contributed by atoms with Crippen LogP contribution < -0.4 is 10.6 Å². The summed E-state index contributed by atoms with van der Waals surface area (Å²) in [5.74, 6) is -1.73. The van der Waals surface area contributed by atoms with E-state index >= 15 is 0 Å². The zero-order chi connectivity index (χ0) is 33.7. The van der Waals surface area contributed by atoms with Crippen LogP contribution in [-0.4, -0.2) is 69.8 Å². The maximum atomic E-state index is 14.5. The molecule has 0 radical (unpaired) electrons. The highest BCUT2D eigenvalue weighted by atomic mass is 16.6. The molecule has 0 saturated heterocycles. The van der Waals surface area contributed by atoms with Crippen LogP contribution in [-0.2, 0) is 30.3 Å². The number of hydrogen-bond donors (Lipinski definition) is 3. The first-order valence-electron chi connectivity index (χ1n) is 15.5. The van der Waals surface area contributed by atoms with Gasteiger partial charge in [0.25, 0.3) is 0 Å². The number of amides is 3. The van der Waals surface area contributed by atoms with Crippen molar-refractivity contribution in [3.05, 3.63) is 70.8 Å². The molecule has 1 aliphatic rings. The number of aliphatic hydroxyl groups is 1. The fraction of sp³-hybridized carbons (Fsp3) is 0.543. The minimum atomic E-state index is -1.36. The van der Waals surface area contributed by atoms with Crippen molar-refractivity contribution in [1.29, 1.82) is 0 Å². The molecule has 0 heterocycles. The summed E-state index contributed by atoms with van der Waals surface area (Å²) in [6.45, 7) is 15.4. The van der Waals surface area contributed by atoms with Crippen molar-refractivity contribution in [1.82, 2.24) is 15.5 Å². The Morgan fingerprint density at radius 2 is 1.51 bits per heavy atom. The molecule has 3 N–H and O–H groups in total. The predicted molar refractivity (Wildman–Crippen MR) is 171 cm³/mol. The summed E-state index contributed by atoms with van der Waals surface area (Å²) in [7, 11) is 0. The van der Waals surface area contributed by atoms with Gasteiger partial charge in [-0.15, -0.1) is 0 Å². The monoisotopic (exact) mass is 623 g/mol. The fourth-order valence-electron chi connectivity index (χ4n) is 5.13. The average molecular weight is 624 g/mol. The number of nitrogens with one attached hydrogen (secondary N) is 2. The highest BCUT2D eigenvalue weighted by Gasteiger charge is 2.49. The number of benzene rings is 2. The summed E-state index contributed by atoms with van der Waals surface area (Å²) in [5.41, 5.74) is 1.43. The smallest absolute Gasteiger partial charge is 0.408 e. The molecule has 5 atom stereocenters. The van der Waals surface area contributed by atoms with Crippen LogP contribution in [0.4, 0.5) is 4.79 Å². The Hall–Kier alpha value is -3.92. The van der Waals surface area contributed by atoms with E-state index in [9.17, 15) is 24.3 Å². The van der Waals surface area contributed by atoms with Gasteiger partial charge in [-0.25, -0.2) is 9.59 Å². The zero-order valence-corrected chi connectivity index (χ0v) is 28.0. The van der Waals surface area contributed by atoms with Gasteiger partial charge in [0.1, 0.15) is 29.3 Å². The third-order valence-electron chi connectivity index (χ3n) is 7.40. The number of carbonyl (C=O) groups excluding carboxylic acids is 4. The van der Waals surface area contributed by atoms with Gasteiger partial charge in [-0.3, -0.25) is 9.59 Å². The van der Waals surface area contributed by atoms with E-state index in [1.54, 1.807) is 41.5 Å². The van der Waals surface area contributed by atoms with Crippen LogP contribution in [0.15, 0.2) is 48.5 Å². The molecule has 10 heteroatoms. The lowest BCUT2D eigenvalue weighted by molar-refractivity contribution is -0.159. The van der Waals surface area contributed by atoms with Gasteiger partial charge < -0.3 is 30.1 Å². The molecule has 0 spiro atoms. The van der Waals surface area contributed by atoms with Crippen LogP contribution in [0.2, 0.25) is 0 Å². The van der Waals surface area contributed by atoms with Gasteiger partial charge in [-0.1, -0.05) is 61.0 Å². The Morgan fingerprint density at radius 3 is 2.04 bits per heavy atom. The summed E-state index contributed by atoms with van der Waals surface area (Å²) < 4.78 is 11.0. The zero-order valence-electron chi connectivity index (χ0n) is 28.0. The van der Waals surface area contributed by atoms with Crippen LogP contribution in [0.25, 0.3) is 0 Å². The van der Waals surface area contributed by atoms with E-state index in [2.05, 4.69) is 10.6 Å². The normalized spacial score (nSPS) is 18.2. The first kappa shape index (κ1) is 35.6. The van der Waals surface area contributed by atoms with Gasteiger partial charge in [0, 0.05) is 12.5 Å². The number of esters is 1. The maximum Gasteiger partial charge on any atom is 0.408 e. The van der Waals surface area contributed by atoms with Crippen molar-refractivity contribution >= 4 is 23.9 Å². The Balaban J connectivity index is 2.07. The fourth-order valence-corrected chi connectivity index (χ4v) is 5.13. The predicted octanol–water partition coefficient (Wildman–Crippen LogP) is 4.54. The third-order valence-corrected chi connectivity index (χ3v) is 7.40. The minimum absolute atomic E-state index is 0.0706. The Bertz CT molecular complexity index is 1360. The molecule has 10 nitrogen and oxygen atoms in total. The van der Waals surface area contributed by atoms with Crippen molar-refractivity contribution < 1.29 is 33.8 Å². The second-order valence-corrected chi connectivity index (χ2v) is 14.0. The highest BCUT2D eigenvalue weighted by molar-refractivity contribution is 5.94. The molecule has 2 aromatic carbocycles. The summed E-state index contributed by atoms with van der Waals surface area (Å²) in [4.78, 5) is 56.3. The van der Waals surface area contributed by atoms with E-state index < -0.39 is 59.8 Å². The highest BCUT2D eigenvalue weighted by Crippen LogP contribution is 2.41. The number of nitrogens with zero attached hydrogens (tertiary/aromatic N) is 1. The molecule has 5 unspecified atom stereocenters. The Labute approximate surface area is 266 Å². The SMILES string of the molecule is Cc1ccc(C)c(C(C(=O)NC(Cc2ccccc2)C(=O)OC(C)(C)C)N(C(=O)C(CO)NC(=O)OC(C)(C)C)C2CC2C)c1. The molecule has 0 bridgehead atoms. The lowest BCUT2D eigenvalue weighted by Crippen LogP contribution is -2.56. The van der Waals surface area contributed by atoms with Crippen molar-refractivity contribution in [3.8, 4) is 0 Å². The summed E-state index contributed by atoms with van der Waals surface area (Å²) in [5, 5.41) is 15.7. The van der Waals surface area contributed by atoms with Gasteiger partial charge in [0.2, 0.25) is 11.8 Å². The van der Waals surface area contributed by atoms with Crippen molar-refractivity contribution in [2.24, 2.45) is 5.92 Å². The molecule has 246 valence electrons. The van der Waals surface area contributed by atoms with Crippen LogP contribution in [0, 0.1) is 19.8 Å². The summed E-state index contributed by atoms with van der Waals surface area (Å²) in [6, 6.07) is 11.0. The molecule has 45 heavy (non-hydrogen) atoms. The first-order chi connectivity index (χ1) is 20.9. The molecular formula is C35H49N3O7. The molecule has 1 aliphatic carbocycles. The van der Waals surface area contributed by atoms with Gasteiger partial charge in [0.15, 0.2) is 0 Å². The van der Waals surface area contributed by atoms with E-state index in [0.29, 0.717) is 12.0 Å². The quantitative estimate of drug-likeness (QED) is 0.313. The number of aryl methyl sites for hydroxylation is 2. The van der Waals surface area contributed by atoms with Gasteiger partial charge >= 0.3 is 12.1 Å². The van der Waals surface area contributed by atoms with E-state index in [-0.39, 0.29) is 18.4 Å². The Morgan fingerprint density at radius 1 is 0.911 bits per heavy atom. The number of ether oxygens (including phenoxy) is 2.